The summed E-state index contributed by atoms with van der Waals surface area (Å²) in [5.41, 5.74) is 0.726. The number of benzene rings is 1. The monoisotopic (exact) mass is 275 g/mol. The van der Waals surface area contributed by atoms with Gasteiger partial charge < -0.3 is 15.2 Å². The van der Waals surface area contributed by atoms with E-state index in [1.54, 1.807) is 6.08 Å². The molecule has 2 rings (SSSR count). The quantitative estimate of drug-likeness (QED) is 0.819. The van der Waals surface area contributed by atoms with Gasteiger partial charge in [0.15, 0.2) is 0 Å². The highest BCUT2D eigenvalue weighted by Gasteiger charge is 2.27. The minimum atomic E-state index is -1.28. The Balaban J connectivity index is 2.02. The zero-order chi connectivity index (χ0) is 14.8. The Bertz CT molecular complexity index is 575. The van der Waals surface area contributed by atoms with Gasteiger partial charge in [-0.05, 0) is 43.2 Å². The summed E-state index contributed by atoms with van der Waals surface area (Å²) in [7, 11) is 0. The van der Waals surface area contributed by atoms with Gasteiger partial charge in [0.25, 0.3) is 0 Å². The van der Waals surface area contributed by atoms with Gasteiger partial charge in [0, 0.05) is 12.5 Å². The maximum absolute atomic E-state index is 11.7. The first kappa shape index (κ1) is 14.1. The molecule has 0 fully saturated rings. The lowest BCUT2D eigenvalue weighted by atomic mass is 10.1. The van der Waals surface area contributed by atoms with Gasteiger partial charge in [-0.15, -0.1) is 0 Å². The van der Waals surface area contributed by atoms with Crippen LogP contribution < -0.4 is 10.1 Å². The minimum absolute atomic E-state index is 0.436. The zero-order valence-corrected chi connectivity index (χ0v) is 11.5. The van der Waals surface area contributed by atoms with Gasteiger partial charge in [0.2, 0.25) is 5.91 Å². The summed E-state index contributed by atoms with van der Waals surface area (Å²) in [6, 6.07) is 5.70. The van der Waals surface area contributed by atoms with Gasteiger partial charge in [-0.25, -0.2) is 4.79 Å². The highest BCUT2D eigenvalue weighted by Crippen LogP contribution is 2.26. The molecule has 0 saturated heterocycles. The van der Waals surface area contributed by atoms with E-state index >= 15 is 0 Å². The Kier molecular flexibility index (Phi) is 3.79. The van der Waals surface area contributed by atoms with E-state index in [0.29, 0.717) is 6.61 Å². The van der Waals surface area contributed by atoms with Crippen LogP contribution in [0.3, 0.4) is 0 Å². The summed E-state index contributed by atoms with van der Waals surface area (Å²) >= 11 is 0. The topological polar surface area (TPSA) is 75.6 Å². The number of rotatable bonds is 4. The number of carboxylic acids is 1. The van der Waals surface area contributed by atoms with Crippen molar-refractivity contribution in [3.63, 3.8) is 0 Å². The lowest BCUT2D eigenvalue weighted by molar-refractivity contribution is -0.145. The van der Waals surface area contributed by atoms with E-state index in [0.717, 1.165) is 23.3 Å². The Morgan fingerprint density at radius 1 is 1.40 bits per heavy atom. The molecule has 0 atom stereocenters. The summed E-state index contributed by atoms with van der Waals surface area (Å²) in [5, 5.41) is 11.4. The maximum atomic E-state index is 11.7. The van der Waals surface area contributed by atoms with Crippen LogP contribution in [0.4, 0.5) is 0 Å². The molecule has 1 aromatic carbocycles. The van der Waals surface area contributed by atoms with Crippen molar-refractivity contribution in [2.24, 2.45) is 0 Å². The Hall–Kier alpha value is -2.30. The lowest BCUT2D eigenvalue weighted by Crippen LogP contribution is -2.49. The molecule has 0 aliphatic carbocycles. The van der Waals surface area contributed by atoms with Crippen molar-refractivity contribution in [1.29, 1.82) is 0 Å². The second kappa shape index (κ2) is 5.36. The molecule has 1 aromatic rings. The fourth-order valence-electron chi connectivity index (χ4n) is 1.89. The number of nitrogens with one attached hydrogen (secondary N) is 1. The Morgan fingerprint density at radius 3 is 2.85 bits per heavy atom. The number of hydrogen-bond donors (Lipinski definition) is 2. The molecular weight excluding hydrogens is 258 g/mol. The van der Waals surface area contributed by atoms with E-state index in [1.165, 1.54) is 19.9 Å². The van der Waals surface area contributed by atoms with Crippen molar-refractivity contribution in [3.8, 4) is 5.75 Å². The summed E-state index contributed by atoms with van der Waals surface area (Å²) in [6.07, 6.45) is 3.86. The normalized spacial score (nSPS) is 13.9. The van der Waals surface area contributed by atoms with E-state index in [4.69, 9.17) is 9.84 Å². The number of carboxylic acid groups (broad SMARTS) is 1. The number of aliphatic carboxylic acids is 1. The molecular formula is C15H17NO4. The number of fused-ring (bicyclic) bond motifs is 1. The predicted molar refractivity (Wildman–Crippen MR) is 74.5 cm³/mol. The molecule has 0 aromatic heterocycles. The predicted octanol–water partition coefficient (Wildman–Crippen LogP) is 1.61. The third kappa shape index (κ3) is 3.17. The van der Waals surface area contributed by atoms with Crippen molar-refractivity contribution < 1.29 is 19.4 Å². The molecule has 5 heteroatoms. The van der Waals surface area contributed by atoms with Crippen LogP contribution >= 0.6 is 0 Å². The largest absolute Gasteiger partial charge is 0.493 e. The molecule has 0 spiro atoms. The molecule has 1 amide bonds. The van der Waals surface area contributed by atoms with Gasteiger partial charge in [-0.1, -0.05) is 6.07 Å². The van der Waals surface area contributed by atoms with E-state index in [-0.39, 0.29) is 0 Å². The number of amides is 1. The summed E-state index contributed by atoms with van der Waals surface area (Å²) in [5.74, 6) is -0.623. The molecule has 5 nitrogen and oxygen atoms in total. The van der Waals surface area contributed by atoms with E-state index in [1.807, 2.05) is 18.2 Å². The molecule has 1 heterocycles. The summed E-state index contributed by atoms with van der Waals surface area (Å²) in [4.78, 5) is 22.6. The first-order chi connectivity index (χ1) is 9.38. The second-order valence-electron chi connectivity index (χ2n) is 5.22. The number of carbonyl (C=O) groups is 2. The average Bonchev–Trinajstić information content (AvgIpc) is 2.82. The van der Waals surface area contributed by atoms with Crippen LogP contribution in [0.5, 0.6) is 5.75 Å². The van der Waals surface area contributed by atoms with Gasteiger partial charge >= 0.3 is 5.97 Å². The Morgan fingerprint density at radius 2 is 2.15 bits per heavy atom. The molecule has 1 aliphatic heterocycles. The maximum Gasteiger partial charge on any atom is 0.328 e. The van der Waals surface area contributed by atoms with Crippen LogP contribution in [-0.2, 0) is 16.0 Å². The van der Waals surface area contributed by atoms with Crippen molar-refractivity contribution in [3.05, 3.63) is 35.4 Å². The minimum Gasteiger partial charge on any atom is -0.493 e. The highest BCUT2D eigenvalue weighted by molar-refractivity contribution is 5.95. The third-order valence-corrected chi connectivity index (χ3v) is 3.11. The smallest absolute Gasteiger partial charge is 0.328 e. The van der Waals surface area contributed by atoms with Crippen LogP contribution in [0, 0.1) is 0 Å². The van der Waals surface area contributed by atoms with Crippen LogP contribution in [0.1, 0.15) is 25.0 Å². The molecule has 2 N–H and O–H groups in total. The van der Waals surface area contributed by atoms with Gasteiger partial charge in [0.1, 0.15) is 11.3 Å². The molecule has 0 radical (unpaired) electrons. The van der Waals surface area contributed by atoms with E-state index < -0.39 is 17.4 Å². The number of carbonyl (C=O) groups excluding carboxylic acids is 1. The molecule has 0 saturated carbocycles. The molecule has 1 aliphatic rings. The van der Waals surface area contributed by atoms with Gasteiger partial charge in [-0.3, -0.25) is 4.79 Å². The highest BCUT2D eigenvalue weighted by atomic mass is 16.5. The van der Waals surface area contributed by atoms with Crippen molar-refractivity contribution >= 4 is 18.0 Å². The molecule has 0 unspecified atom stereocenters. The third-order valence-electron chi connectivity index (χ3n) is 3.11. The van der Waals surface area contributed by atoms with Crippen molar-refractivity contribution in [2.75, 3.05) is 6.61 Å². The standard InChI is InChI=1S/C15H17NO4/c1-15(2,14(18)19)16-13(17)6-4-10-3-5-12-11(9-10)7-8-20-12/h3-6,9H,7-8H2,1-2H3,(H,16,17)(H,18,19)/b6-4+. The average molecular weight is 275 g/mol. The van der Waals surface area contributed by atoms with E-state index in [2.05, 4.69) is 5.32 Å². The number of hydrogen-bond acceptors (Lipinski definition) is 3. The van der Waals surface area contributed by atoms with Crippen LogP contribution in [-0.4, -0.2) is 29.1 Å². The summed E-state index contributed by atoms with van der Waals surface area (Å²) in [6.45, 7) is 3.57. The number of ether oxygens (including phenoxy) is 1. The zero-order valence-electron chi connectivity index (χ0n) is 11.5. The fourth-order valence-corrected chi connectivity index (χ4v) is 1.89. The second-order valence-corrected chi connectivity index (χ2v) is 5.22. The van der Waals surface area contributed by atoms with E-state index in [9.17, 15) is 9.59 Å². The fraction of sp³-hybridized carbons (Fsp3) is 0.333. The lowest BCUT2D eigenvalue weighted by Gasteiger charge is -2.19. The van der Waals surface area contributed by atoms with Gasteiger partial charge in [-0.2, -0.15) is 0 Å². The first-order valence-corrected chi connectivity index (χ1v) is 6.38. The Labute approximate surface area is 117 Å². The van der Waals surface area contributed by atoms with Crippen molar-refractivity contribution in [1.82, 2.24) is 5.32 Å². The van der Waals surface area contributed by atoms with Crippen LogP contribution in [0.15, 0.2) is 24.3 Å². The molecule has 106 valence electrons. The molecule has 20 heavy (non-hydrogen) atoms. The first-order valence-electron chi connectivity index (χ1n) is 6.38. The van der Waals surface area contributed by atoms with Crippen molar-refractivity contribution in [2.45, 2.75) is 25.8 Å². The molecule has 0 bridgehead atoms. The summed E-state index contributed by atoms with van der Waals surface area (Å²) < 4.78 is 5.40. The van der Waals surface area contributed by atoms with Crippen LogP contribution in [0.25, 0.3) is 6.08 Å². The van der Waals surface area contributed by atoms with Crippen LogP contribution in [0.2, 0.25) is 0 Å². The van der Waals surface area contributed by atoms with Gasteiger partial charge in [0.05, 0.1) is 6.61 Å². The SMILES string of the molecule is CC(C)(NC(=O)/C=C/c1ccc2c(c1)CCO2)C(=O)O.